The number of hydrogen-bond acceptors (Lipinski definition) is 0. The maximum Gasteiger partial charge on any atom is 0.268 e. The summed E-state index contributed by atoms with van der Waals surface area (Å²) in [6.07, 6.45) is -3.52. The maximum absolute atomic E-state index is 12.6. The molecule has 0 bridgehead atoms. The van der Waals surface area contributed by atoms with Gasteiger partial charge in [-0.15, -0.1) is 0 Å². The lowest BCUT2D eigenvalue weighted by Crippen LogP contribution is -2.03. The second-order valence-electron chi connectivity index (χ2n) is 2.28. The Morgan fingerprint density at radius 3 is 1.64 bits per heavy atom. The molecule has 0 aliphatic carbocycles. The minimum absolute atomic E-state index is 1.45. The van der Waals surface area contributed by atoms with Crippen LogP contribution in [0.5, 0.6) is 0 Å². The molecule has 0 fully saturated rings. The summed E-state index contributed by atoms with van der Waals surface area (Å²) < 4.78 is 73.9. The van der Waals surface area contributed by atoms with E-state index in [4.69, 9.17) is 11.6 Å². The van der Waals surface area contributed by atoms with Crippen LogP contribution in [0.1, 0.15) is 12.0 Å². The standard InChI is InChI=1S/C7HClF6/c8-2-1(7(13)14)3(9)5(11)6(12)4(2)10/h7H. The first-order valence-corrected chi connectivity index (χ1v) is 3.55. The lowest BCUT2D eigenvalue weighted by atomic mass is 10.2. The monoisotopic (exact) mass is 234 g/mol. The van der Waals surface area contributed by atoms with Crippen LogP contribution in [0.25, 0.3) is 0 Å². The summed E-state index contributed by atoms with van der Waals surface area (Å²) in [5, 5.41) is -1.45. The van der Waals surface area contributed by atoms with Crippen molar-refractivity contribution < 1.29 is 26.3 Å². The van der Waals surface area contributed by atoms with Crippen LogP contribution in [-0.4, -0.2) is 0 Å². The molecule has 1 aromatic rings. The highest BCUT2D eigenvalue weighted by atomic mass is 35.5. The largest absolute Gasteiger partial charge is 0.268 e. The van der Waals surface area contributed by atoms with Gasteiger partial charge in [-0.1, -0.05) is 11.6 Å². The molecule has 0 saturated heterocycles. The van der Waals surface area contributed by atoms with Gasteiger partial charge >= 0.3 is 0 Å². The number of alkyl halides is 2. The minimum Gasteiger partial charge on any atom is -0.205 e. The van der Waals surface area contributed by atoms with Crippen molar-refractivity contribution in [1.82, 2.24) is 0 Å². The summed E-state index contributed by atoms with van der Waals surface area (Å²) in [6.45, 7) is 0. The molecule has 0 aliphatic heterocycles. The summed E-state index contributed by atoms with van der Waals surface area (Å²) in [5.74, 6) is -8.72. The second-order valence-corrected chi connectivity index (χ2v) is 2.66. The second kappa shape index (κ2) is 3.68. The molecule has 0 N–H and O–H groups in total. The van der Waals surface area contributed by atoms with Gasteiger partial charge in [0.05, 0.1) is 10.6 Å². The van der Waals surface area contributed by atoms with Crippen LogP contribution in [-0.2, 0) is 0 Å². The van der Waals surface area contributed by atoms with Gasteiger partial charge in [-0.25, -0.2) is 26.3 Å². The third-order valence-corrected chi connectivity index (χ3v) is 1.83. The molecule has 0 saturated carbocycles. The van der Waals surface area contributed by atoms with Gasteiger partial charge < -0.3 is 0 Å². The number of benzene rings is 1. The van der Waals surface area contributed by atoms with Crippen molar-refractivity contribution in [3.8, 4) is 0 Å². The fraction of sp³-hybridized carbons (Fsp3) is 0.143. The van der Waals surface area contributed by atoms with Crippen LogP contribution in [0.3, 0.4) is 0 Å². The SMILES string of the molecule is Fc1c(F)c(F)c(C(F)F)c(Cl)c1F. The van der Waals surface area contributed by atoms with Gasteiger partial charge in [-0.3, -0.25) is 0 Å². The smallest absolute Gasteiger partial charge is 0.205 e. The Labute approximate surface area is 79.1 Å². The first-order chi connectivity index (χ1) is 6.37. The van der Waals surface area contributed by atoms with E-state index < -0.39 is 40.3 Å². The highest BCUT2D eigenvalue weighted by Gasteiger charge is 2.28. The van der Waals surface area contributed by atoms with E-state index >= 15 is 0 Å². The van der Waals surface area contributed by atoms with Gasteiger partial charge in [0.25, 0.3) is 6.43 Å². The molecular weight excluding hydrogens is 234 g/mol. The van der Waals surface area contributed by atoms with Gasteiger partial charge in [0.1, 0.15) is 0 Å². The van der Waals surface area contributed by atoms with Crippen LogP contribution >= 0.6 is 11.6 Å². The molecule has 0 amide bonds. The molecule has 0 atom stereocenters. The van der Waals surface area contributed by atoms with Crippen LogP contribution < -0.4 is 0 Å². The number of hydrogen-bond donors (Lipinski definition) is 0. The normalized spacial score (nSPS) is 11.1. The highest BCUT2D eigenvalue weighted by molar-refractivity contribution is 6.31. The fourth-order valence-corrected chi connectivity index (χ4v) is 1.06. The highest BCUT2D eigenvalue weighted by Crippen LogP contribution is 2.34. The minimum atomic E-state index is -3.52. The molecule has 0 aromatic heterocycles. The summed E-state index contributed by atoms with van der Waals surface area (Å²) in [6, 6.07) is 0. The molecule has 0 unspecified atom stereocenters. The van der Waals surface area contributed by atoms with E-state index in [9.17, 15) is 26.3 Å². The van der Waals surface area contributed by atoms with E-state index in [0.29, 0.717) is 0 Å². The predicted molar refractivity (Wildman–Crippen MR) is 36.2 cm³/mol. The van der Waals surface area contributed by atoms with Gasteiger partial charge in [0.15, 0.2) is 23.3 Å². The van der Waals surface area contributed by atoms with Crippen molar-refractivity contribution >= 4 is 11.6 Å². The molecular formula is C7HClF6. The molecule has 14 heavy (non-hydrogen) atoms. The first kappa shape index (κ1) is 11.2. The van der Waals surface area contributed by atoms with Crippen molar-refractivity contribution in [2.75, 3.05) is 0 Å². The number of rotatable bonds is 1. The van der Waals surface area contributed by atoms with E-state index in [-0.39, 0.29) is 0 Å². The van der Waals surface area contributed by atoms with Crippen molar-refractivity contribution in [2.24, 2.45) is 0 Å². The zero-order valence-electron chi connectivity index (χ0n) is 6.22. The Morgan fingerprint density at radius 1 is 0.786 bits per heavy atom. The first-order valence-electron chi connectivity index (χ1n) is 3.17. The Balaban J connectivity index is 3.60. The number of halogens is 7. The third kappa shape index (κ3) is 1.54. The Hall–Kier alpha value is -0.910. The predicted octanol–water partition coefficient (Wildman–Crippen LogP) is 3.83. The summed E-state index contributed by atoms with van der Waals surface area (Å²) in [5.41, 5.74) is -1.68. The summed E-state index contributed by atoms with van der Waals surface area (Å²) in [4.78, 5) is 0. The summed E-state index contributed by atoms with van der Waals surface area (Å²) in [7, 11) is 0. The zero-order valence-corrected chi connectivity index (χ0v) is 6.98. The molecule has 7 heteroatoms. The van der Waals surface area contributed by atoms with E-state index in [2.05, 4.69) is 0 Å². The molecule has 1 aromatic carbocycles. The van der Waals surface area contributed by atoms with Crippen LogP contribution in [0.4, 0.5) is 26.3 Å². The molecule has 0 spiro atoms. The van der Waals surface area contributed by atoms with Crippen LogP contribution in [0.15, 0.2) is 0 Å². The third-order valence-electron chi connectivity index (χ3n) is 1.46. The summed E-state index contributed by atoms with van der Waals surface area (Å²) >= 11 is 4.87. The Morgan fingerprint density at radius 2 is 1.21 bits per heavy atom. The van der Waals surface area contributed by atoms with Crippen molar-refractivity contribution in [1.29, 1.82) is 0 Å². The van der Waals surface area contributed by atoms with Gasteiger partial charge in [0, 0.05) is 0 Å². The van der Waals surface area contributed by atoms with Crippen molar-refractivity contribution in [3.63, 3.8) is 0 Å². The Kier molecular flexibility index (Phi) is 2.94. The molecule has 0 radical (unpaired) electrons. The van der Waals surface area contributed by atoms with Gasteiger partial charge in [0.2, 0.25) is 0 Å². The molecule has 0 nitrogen and oxygen atoms in total. The Bertz CT molecular complexity index is 346. The van der Waals surface area contributed by atoms with E-state index in [1.54, 1.807) is 0 Å². The lowest BCUT2D eigenvalue weighted by Gasteiger charge is -2.07. The van der Waals surface area contributed by atoms with Crippen LogP contribution in [0, 0.1) is 23.3 Å². The van der Waals surface area contributed by atoms with Crippen molar-refractivity contribution in [2.45, 2.75) is 6.43 Å². The van der Waals surface area contributed by atoms with E-state index in [1.165, 1.54) is 0 Å². The van der Waals surface area contributed by atoms with Crippen molar-refractivity contribution in [3.05, 3.63) is 33.9 Å². The molecule has 0 heterocycles. The zero-order chi connectivity index (χ0) is 11.0. The molecule has 1 rings (SSSR count). The fourth-order valence-electron chi connectivity index (χ4n) is 0.813. The van der Waals surface area contributed by atoms with E-state index in [1.807, 2.05) is 0 Å². The average Bonchev–Trinajstić information content (AvgIpc) is 2.11. The van der Waals surface area contributed by atoms with Gasteiger partial charge in [-0.2, -0.15) is 0 Å². The topological polar surface area (TPSA) is 0 Å². The van der Waals surface area contributed by atoms with Crippen LogP contribution in [0.2, 0.25) is 5.02 Å². The molecule has 78 valence electrons. The maximum atomic E-state index is 12.6. The molecule has 0 aliphatic rings. The lowest BCUT2D eigenvalue weighted by molar-refractivity contribution is 0.144. The quantitative estimate of drug-likeness (QED) is 0.393. The van der Waals surface area contributed by atoms with E-state index in [0.717, 1.165) is 0 Å². The van der Waals surface area contributed by atoms with Gasteiger partial charge in [-0.05, 0) is 0 Å². The average molecular weight is 235 g/mol.